The van der Waals surface area contributed by atoms with E-state index < -0.39 is 0 Å². The van der Waals surface area contributed by atoms with Gasteiger partial charge in [-0.3, -0.25) is 4.90 Å². The number of benzene rings is 1. The molecule has 1 heterocycles. The molecule has 1 atom stereocenters. The molecule has 2 nitrogen and oxygen atoms in total. The molecule has 0 bridgehead atoms. The zero-order valence-corrected chi connectivity index (χ0v) is 9.58. The number of hydrogen-bond donors (Lipinski definition) is 1. The van der Waals surface area contributed by atoms with E-state index in [1.165, 1.54) is 25.1 Å². The molecule has 0 saturated carbocycles. The maximum absolute atomic E-state index is 6.13. The predicted octanol–water partition coefficient (Wildman–Crippen LogP) is 1.92. The van der Waals surface area contributed by atoms with Crippen LogP contribution in [0, 0.1) is 0 Å². The number of halogens is 1. The molecular formula is C12H17ClN2. The molecule has 3 heteroatoms. The second kappa shape index (κ2) is 4.97. The summed E-state index contributed by atoms with van der Waals surface area (Å²) in [5, 5.41) is 0.858. The van der Waals surface area contributed by atoms with Gasteiger partial charge in [0.1, 0.15) is 0 Å². The van der Waals surface area contributed by atoms with Crippen LogP contribution >= 0.6 is 11.6 Å². The van der Waals surface area contributed by atoms with Crippen molar-refractivity contribution < 1.29 is 0 Å². The first-order chi connectivity index (χ1) is 7.31. The van der Waals surface area contributed by atoms with Gasteiger partial charge in [0.25, 0.3) is 0 Å². The van der Waals surface area contributed by atoms with Crippen LogP contribution in [-0.4, -0.2) is 30.6 Å². The molecule has 0 amide bonds. The van der Waals surface area contributed by atoms with E-state index in [0.717, 1.165) is 11.4 Å². The van der Waals surface area contributed by atoms with Gasteiger partial charge in [0.2, 0.25) is 0 Å². The summed E-state index contributed by atoms with van der Waals surface area (Å²) < 4.78 is 0. The Morgan fingerprint density at radius 1 is 1.33 bits per heavy atom. The SMILES string of the molecule is NCC(Cc1ccccc1Cl)N1CCC1. The Kier molecular flexibility index (Phi) is 3.62. The fraction of sp³-hybridized carbons (Fsp3) is 0.500. The van der Waals surface area contributed by atoms with Crippen LogP contribution in [0.15, 0.2) is 24.3 Å². The van der Waals surface area contributed by atoms with Crippen molar-refractivity contribution in [1.82, 2.24) is 4.90 Å². The normalized spacial score (nSPS) is 18.5. The number of nitrogens with zero attached hydrogens (tertiary/aromatic N) is 1. The predicted molar refractivity (Wildman–Crippen MR) is 64.2 cm³/mol. The van der Waals surface area contributed by atoms with E-state index in [9.17, 15) is 0 Å². The van der Waals surface area contributed by atoms with Crippen LogP contribution in [0.5, 0.6) is 0 Å². The molecule has 0 spiro atoms. The summed E-state index contributed by atoms with van der Waals surface area (Å²) in [6, 6.07) is 8.49. The van der Waals surface area contributed by atoms with Crippen LogP contribution < -0.4 is 5.73 Å². The average molecular weight is 225 g/mol. The van der Waals surface area contributed by atoms with Gasteiger partial charge in [-0.05, 0) is 37.6 Å². The van der Waals surface area contributed by atoms with E-state index in [2.05, 4.69) is 11.0 Å². The van der Waals surface area contributed by atoms with Gasteiger partial charge in [-0.2, -0.15) is 0 Å². The van der Waals surface area contributed by atoms with Crippen molar-refractivity contribution in [3.8, 4) is 0 Å². The van der Waals surface area contributed by atoms with Crippen LogP contribution in [0.3, 0.4) is 0 Å². The summed E-state index contributed by atoms with van der Waals surface area (Å²) in [6.45, 7) is 3.09. The Hall–Kier alpha value is -0.570. The van der Waals surface area contributed by atoms with Gasteiger partial charge < -0.3 is 5.73 Å². The monoisotopic (exact) mass is 224 g/mol. The van der Waals surface area contributed by atoms with Gasteiger partial charge in [-0.1, -0.05) is 29.8 Å². The minimum atomic E-state index is 0.457. The molecule has 15 heavy (non-hydrogen) atoms. The summed E-state index contributed by atoms with van der Waals surface area (Å²) in [5.41, 5.74) is 7.01. The largest absolute Gasteiger partial charge is 0.329 e. The van der Waals surface area contributed by atoms with Gasteiger partial charge in [0.05, 0.1) is 0 Å². The number of nitrogens with two attached hydrogens (primary N) is 1. The van der Waals surface area contributed by atoms with Crippen LogP contribution in [0.1, 0.15) is 12.0 Å². The molecule has 1 aliphatic rings. The molecule has 0 radical (unpaired) electrons. The number of rotatable bonds is 4. The summed E-state index contributed by atoms with van der Waals surface area (Å²) in [7, 11) is 0. The summed E-state index contributed by atoms with van der Waals surface area (Å²) >= 11 is 6.13. The smallest absolute Gasteiger partial charge is 0.0438 e. The summed E-state index contributed by atoms with van der Waals surface area (Å²) in [4.78, 5) is 2.43. The number of hydrogen-bond acceptors (Lipinski definition) is 2. The van der Waals surface area contributed by atoms with E-state index in [1.807, 2.05) is 18.2 Å². The Balaban J connectivity index is 2.02. The van der Waals surface area contributed by atoms with Gasteiger partial charge in [0.15, 0.2) is 0 Å². The first-order valence-corrected chi connectivity index (χ1v) is 5.86. The molecule has 0 aliphatic carbocycles. The van der Waals surface area contributed by atoms with E-state index in [0.29, 0.717) is 12.6 Å². The molecular weight excluding hydrogens is 208 g/mol. The minimum Gasteiger partial charge on any atom is -0.329 e. The maximum Gasteiger partial charge on any atom is 0.0438 e. The second-order valence-electron chi connectivity index (χ2n) is 4.07. The van der Waals surface area contributed by atoms with Crippen molar-refractivity contribution >= 4 is 11.6 Å². The molecule has 2 rings (SSSR count). The Morgan fingerprint density at radius 2 is 2.07 bits per heavy atom. The van der Waals surface area contributed by atoms with Crippen molar-refractivity contribution in [3.05, 3.63) is 34.9 Å². The Bertz CT molecular complexity index is 323. The van der Waals surface area contributed by atoms with Crippen LogP contribution in [-0.2, 0) is 6.42 Å². The van der Waals surface area contributed by atoms with Gasteiger partial charge in [-0.15, -0.1) is 0 Å². The summed E-state index contributed by atoms with van der Waals surface area (Å²) in [6.07, 6.45) is 2.27. The van der Waals surface area contributed by atoms with Crippen molar-refractivity contribution in [3.63, 3.8) is 0 Å². The molecule has 1 saturated heterocycles. The lowest BCUT2D eigenvalue weighted by atomic mass is 10.0. The topological polar surface area (TPSA) is 29.3 Å². The first kappa shape index (κ1) is 10.9. The quantitative estimate of drug-likeness (QED) is 0.847. The van der Waals surface area contributed by atoms with Crippen LogP contribution in [0.25, 0.3) is 0 Å². The van der Waals surface area contributed by atoms with E-state index in [4.69, 9.17) is 17.3 Å². The average Bonchev–Trinajstić information content (AvgIpc) is 2.17. The molecule has 1 aromatic carbocycles. The third-order valence-electron chi connectivity index (χ3n) is 3.09. The highest BCUT2D eigenvalue weighted by atomic mass is 35.5. The third kappa shape index (κ3) is 2.51. The van der Waals surface area contributed by atoms with E-state index in [-0.39, 0.29) is 0 Å². The maximum atomic E-state index is 6.13. The van der Waals surface area contributed by atoms with Crippen molar-refractivity contribution in [2.45, 2.75) is 18.9 Å². The number of likely N-dealkylation sites (tertiary alicyclic amines) is 1. The molecule has 1 aliphatic heterocycles. The fourth-order valence-corrected chi connectivity index (χ4v) is 2.20. The minimum absolute atomic E-state index is 0.457. The zero-order chi connectivity index (χ0) is 10.7. The van der Waals surface area contributed by atoms with E-state index >= 15 is 0 Å². The lowest BCUT2D eigenvalue weighted by Gasteiger charge is -2.38. The van der Waals surface area contributed by atoms with Gasteiger partial charge in [0, 0.05) is 17.6 Å². The first-order valence-electron chi connectivity index (χ1n) is 5.49. The second-order valence-corrected chi connectivity index (χ2v) is 4.48. The molecule has 0 aromatic heterocycles. The van der Waals surface area contributed by atoms with E-state index in [1.54, 1.807) is 0 Å². The van der Waals surface area contributed by atoms with Crippen molar-refractivity contribution in [2.24, 2.45) is 5.73 Å². The highest BCUT2D eigenvalue weighted by molar-refractivity contribution is 6.31. The lowest BCUT2D eigenvalue weighted by molar-refractivity contribution is 0.121. The zero-order valence-electron chi connectivity index (χ0n) is 8.82. The fourth-order valence-electron chi connectivity index (χ4n) is 1.99. The van der Waals surface area contributed by atoms with Crippen LogP contribution in [0.4, 0.5) is 0 Å². The van der Waals surface area contributed by atoms with Crippen LogP contribution in [0.2, 0.25) is 5.02 Å². The van der Waals surface area contributed by atoms with Gasteiger partial charge >= 0.3 is 0 Å². The lowest BCUT2D eigenvalue weighted by Crippen LogP contribution is -2.49. The Morgan fingerprint density at radius 3 is 2.60 bits per heavy atom. The van der Waals surface area contributed by atoms with Crippen molar-refractivity contribution in [1.29, 1.82) is 0 Å². The molecule has 1 fully saturated rings. The molecule has 82 valence electrons. The Labute approximate surface area is 96.0 Å². The van der Waals surface area contributed by atoms with Crippen molar-refractivity contribution in [2.75, 3.05) is 19.6 Å². The summed E-state index contributed by atoms with van der Waals surface area (Å²) in [5.74, 6) is 0. The molecule has 1 unspecified atom stereocenters. The van der Waals surface area contributed by atoms with Gasteiger partial charge in [-0.25, -0.2) is 0 Å². The standard InChI is InChI=1S/C12H17ClN2/c13-12-5-2-1-4-10(12)8-11(9-14)15-6-3-7-15/h1-2,4-5,11H,3,6-9,14H2. The highest BCUT2D eigenvalue weighted by Crippen LogP contribution is 2.20. The third-order valence-corrected chi connectivity index (χ3v) is 3.46. The molecule has 1 aromatic rings. The molecule has 2 N–H and O–H groups in total. The highest BCUT2D eigenvalue weighted by Gasteiger charge is 2.23.